The summed E-state index contributed by atoms with van der Waals surface area (Å²) in [5.41, 5.74) is 2.37. The number of ether oxygens (including phenoxy) is 2. The Bertz CT molecular complexity index is 1330. The molecule has 7 nitrogen and oxygen atoms in total. The predicted molar refractivity (Wildman–Crippen MR) is 129 cm³/mol. The van der Waals surface area contributed by atoms with E-state index in [1.54, 1.807) is 45.0 Å². The molecule has 34 heavy (non-hydrogen) atoms. The fourth-order valence-electron chi connectivity index (χ4n) is 4.53. The van der Waals surface area contributed by atoms with Gasteiger partial charge in [-0.1, -0.05) is 30.3 Å². The van der Waals surface area contributed by atoms with E-state index in [-0.39, 0.29) is 11.5 Å². The molecular formula is C26H29NO6S. The minimum absolute atomic E-state index is 0.157. The van der Waals surface area contributed by atoms with Crippen LogP contribution in [-0.2, 0) is 29.5 Å². The van der Waals surface area contributed by atoms with Gasteiger partial charge < -0.3 is 19.1 Å². The average molecular weight is 484 g/mol. The van der Waals surface area contributed by atoms with Gasteiger partial charge in [-0.2, -0.15) is 0 Å². The number of aliphatic carboxylic acids is 1. The van der Waals surface area contributed by atoms with Gasteiger partial charge in [-0.3, -0.25) is 4.79 Å². The summed E-state index contributed by atoms with van der Waals surface area (Å²) in [7, 11) is -3.34. The lowest BCUT2D eigenvalue weighted by molar-refractivity contribution is -0.162. The van der Waals surface area contributed by atoms with Crippen molar-refractivity contribution >= 4 is 15.8 Å². The Morgan fingerprint density at radius 2 is 1.74 bits per heavy atom. The Balaban J connectivity index is 1.94. The highest BCUT2D eigenvalue weighted by Crippen LogP contribution is 2.42. The molecule has 8 heteroatoms. The van der Waals surface area contributed by atoms with Gasteiger partial charge in [0.25, 0.3) is 0 Å². The van der Waals surface area contributed by atoms with Gasteiger partial charge in [0.2, 0.25) is 0 Å². The minimum atomic E-state index is -3.34. The molecule has 3 aromatic rings. The molecule has 1 aliphatic rings. The van der Waals surface area contributed by atoms with E-state index < -0.39 is 33.1 Å². The number of carboxylic acids is 1. The SMILES string of the molecule is Cc1c(C(C)(C(=O)O)C2COC(C)(C)O2)cc(-c2ccc(S(C)(=O)=O)cc2)n1-c1ccccc1. The number of nitrogens with zero attached hydrogens (tertiary/aromatic N) is 1. The zero-order valence-corrected chi connectivity index (χ0v) is 20.7. The Morgan fingerprint density at radius 1 is 1.12 bits per heavy atom. The number of carboxylic acid groups (broad SMARTS) is 1. The van der Waals surface area contributed by atoms with Crippen LogP contribution in [0.4, 0.5) is 0 Å². The van der Waals surface area contributed by atoms with Crippen LogP contribution in [-0.4, -0.2) is 48.8 Å². The molecule has 0 aliphatic carbocycles. The van der Waals surface area contributed by atoms with Crippen molar-refractivity contribution in [3.05, 3.63) is 71.9 Å². The lowest BCUT2D eigenvalue weighted by Crippen LogP contribution is -2.46. The molecule has 1 fully saturated rings. The van der Waals surface area contributed by atoms with Crippen molar-refractivity contribution in [2.45, 2.75) is 49.9 Å². The van der Waals surface area contributed by atoms with E-state index in [1.165, 1.54) is 6.26 Å². The fourth-order valence-corrected chi connectivity index (χ4v) is 5.16. The van der Waals surface area contributed by atoms with Crippen molar-refractivity contribution in [3.8, 4) is 16.9 Å². The molecule has 1 saturated heterocycles. The van der Waals surface area contributed by atoms with Crippen molar-refractivity contribution in [1.82, 2.24) is 4.57 Å². The van der Waals surface area contributed by atoms with Crippen LogP contribution in [0.5, 0.6) is 0 Å². The van der Waals surface area contributed by atoms with Crippen molar-refractivity contribution in [1.29, 1.82) is 0 Å². The quantitative estimate of drug-likeness (QED) is 0.560. The van der Waals surface area contributed by atoms with Gasteiger partial charge in [-0.15, -0.1) is 0 Å². The Kier molecular flexibility index (Phi) is 5.96. The highest BCUT2D eigenvalue weighted by molar-refractivity contribution is 7.90. The summed E-state index contributed by atoms with van der Waals surface area (Å²) in [4.78, 5) is 12.9. The van der Waals surface area contributed by atoms with Crippen LogP contribution in [0.25, 0.3) is 16.9 Å². The molecular weight excluding hydrogens is 454 g/mol. The molecule has 2 unspecified atom stereocenters. The predicted octanol–water partition coefficient (Wildman–Crippen LogP) is 4.35. The van der Waals surface area contributed by atoms with Crippen LogP contribution in [0.3, 0.4) is 0 Å². The van der Waals surface area contributed by atoms with Gasteiger partial charge >= 0.3 is 5.97 Å². The van der Waals surface area contributed by atoms with Crippen molar-refractivity contribution < 1.29 is 27.8 Å². The van der Waals surface area contributed by atoms with Crippen LogP contribution in [0.2, 0.25) is 0 Å². The summed E-state index contributed by atoms with van der Waals surface area (Å²) >= 11 is 0. The second kappa shape index (κ2) is 8.37. The van der Waals surface area contributed by atoms with Crippen molar-refractivity contribution in [2.75, 3.05) is 12.9 Å². The standard InChI is InChI=1S/C26H29NO6S/c1-17-21(26(4,24(28)29)23-16-32-25(2,3)33-23)15-22(27(17)19-9-7-6-8-10-19)18-11-13-20(14-12-18)34(5,30)31/h6-15,23H,16H2,1-5H3,(H,28,29). The zero-order chi connectivity index (χ0) is 24.9. The number of hydrogen-bond acceptors (Lipinski definition) is 5. The maximum absolute atomic E-state index is 12.7. The van der Waals surface area contributed by atoms with E-state index >= 15 is 0 Å². The minimum Gasteiger partial charge on any atom is -0.481 e. The molecule has 1 aliphatic heterocycles. The molecule has 2 atom stereocenters. The molecule has 0 radical (unpaired) electrons. The molecule has 180 valence electrons. The summed E-state index contributed by atoms with van der Waals surface area (Å²) in [5, 5.41) is 10.4. The van der Waals surface area contributed by atoms with Crippen molar-refractivity contribution in [3.63, 3.8) is 0 Å². The van der Waals surface area contributed by atoms with Crippen LogP contribution in [0.1, 0.15) is 32.0 Å². The highest BCUT2D eigenvalue weighted by Gasteiger charge is 2.51. The maximum Gasteiger partial charge on any atom is 0.316 e. The van der Waals surface area contributed by atoms with Crippen LogP contribution in [0, 0.1) is 6.92 Å². The van der Waals surface area contributed by atoms with Gasteiger partial charge in [-0.25, -0.2) is 8.42 Å². The second-order valence-corrected chi connectivity index (χ2v) is 11.3. The Morgan fingerprint density at radius 3 is 2.24 bits per heavy atom. The molecule has 0 saturated carbocycles. The molecule has 2 aromatic carbocycles. The number of rotatable bonds is 6. The summed E-state index contributed by atoms with van der Waals surface area (Å²) in [6.45, 7) is 7.25. The number of sulfone groups is 1. The molecule has 0 amide bonds. The number of hydrogen-bond donors (Lipinski definition) is 1. The van der Waals surface area contributed by atoms with Gasteiger partial charge in [0, 0.05) is 17.6 Å². The maximum atomic E-state index is 12.7. The fraction of sp³-hybridized carbons (Fsp3) is 0.346. The molecule has 1 aromatic heterocycles. The normalized spacial score (nSPS) is 19.6. The summed E-state index contributed by atoms with van der Waals surface area (Å²) in [5.74, 6) is -1.88. The topological polar surface area (TPSA) is 94.8 Å². The third-order valence-corrected chi connectivity index (χ3v) is 7.62. The Hall–Kier alpha value is -2.94. The molecule has 0 spiro atoms. The van der Waals surface area contributed by atoms with Crippen LogP contribution < -0.4 is 0 Å². The molecule has 4 rings (SSSR count). The van der Waals surface area contributed by atoms with Gasteiger partial charge in [0.05, 0.1) is 17.2 Å². The van der Waals surface area contributed by atoms with E-state index in [0.717, 1.165) is 22.6 Å². The lowest BCUT2D eigenvalue weighted by atomic mass is 9.77. The third-order valence-electron chi connectivity index (χ3n) is 6.50. The van der Waals surface area contributed by atoms with Gasteiger partial charge in [0.15, 0.2) is 15.6 Å². The molecule has 2 heterocycles. The summed E-state index contributed by atoms with van der Waals surface area (Å²) in [6.07, 6.45) is 0.478. The average Bonchev–Trinajstić information content (AvgIpc) is 3.33. The smallest absolute Gasteiger partial charge is 0.316 e. The Labute approximate surface area is 199 Å². The van der Waals surface area contributed by atoms with E-state index in [4.69, 9.17) is 9.47 Å². The zero-order valence-electron chi connectivity index (χ0n) is 19.9. The highest BCUT2D eigenvalue weighted by atomic mass is 32.2. The number of benzene rings is 2. The number of para-hydroxylation sites is 1. The summed E-state index contributed by atoms with van der Waals surface area (Å²) in [6, 6.07) is 18.1. The lowest BCUT2D eigenvalue weighted by Gasteiger charge is -2.31. The first kappa shape index (κ1) is 24.2. The first-order chi connectivity index (χ1) is 15.8. The van der Waals surface area contributed by atoms with E-state index in [1.807, 2.05) is 47.9 Å². The number of carbonyl (C=O) groups is 1. The molecule has 0 bridgehead atoms. The molecule has 1 N–H and O–H groups in total. The summed E-state index contributed by atoms with van der Waals surface area (Å²) < 4.78 is 37.6. The first-order valence-corrected chi connectivity index (χ1v) is 12.9. The van der Waals surface area contributed by atoms with Crippen LogP contribution in [0.15, 0.2) is 65.6 Å². The van der Waals surface area contributed by atoms with Gasteiger partial charge in [0.1, 0.15) is 11.5 Å². The largest absolute Gasteiger partial charge is 0.481 e. The van der Waals surface area contributed by atoms with Gasteiger partial charge in [-0.05, 0) is 69.2 Å². The van der Waals surface area contributed by atoms with E-state index in [9.17, 15) is 18.3 Å². The van der Waals surface area contributed by atoms with Crippen molar-refractivity contribution in [2.24, 2.45) is 0 Å². The number of aromatic nitrogens is 1. The van der Waals surface area contributed by atoms with Crippen LogP contribution >= 0.6 is 0 Å². The van der Waals surface area contributed by atoms with E-state index in [2.05, 4.69) is 0 Å². The first-order valence-electron chi connectivity index (χ1n) is 11.0. The van der Waals surface area contributed by atoms with E-state index in [0.29, 0.717) is 5.56 Å². The third kappa shape index (κ3) is 4.17. The second-order valence-electron chi connectivity index (χ2n) is 9.32. The monoisotopic (exact) mass is 483 g/mol.